The number of rotatable bonds is 47. The van der Waals surface area contributed by atoms with E-state index in [2.05, 4.69) is 57.2 Å². The van der Waals surface area contributed by atoms with Gasteiger partial charge in [-0.15, -0.1) is 0 Å². The minimum Gasteiger partial charge on any atom is -0.0654 e. The molecule has 0 atom stereocenters. The molecule has 0 aromatic rings. The van der Waals surface area contributed by atoms with Crippen molar-refractivity contribution in [3.8, 4) is 0 Å². The molecular formula is C54H99LiO6Pb. The Balaban J connectivity index is -0.00000139. The Bertz CT molecular complexity index is 947. The molecule has 62 heavy (non-hydrogen) atoms. The van der Waals surface area contributed by atoms with Gasteiger partial charge in [0.1, 0.15) is 0 Å². The molecule has 8 heteroatoms. The van der Waals surface area contributed by atoms with Crippen LogP contribution in [0.5, 0.6) is 0 Å². The summed E-state index contributed by atoms with van der Waals surface area (Å²) in [5.74, 6) is -1.28. The SMILES string of the molecule is CCCCCCCC/C=C\CCCCCCCC(=O)[O-].CCCCCCCC/C=C\CCCCCCCC(=O)[O][Pb][O]C(=O)CCCCCCC/C=C\CCCCCCCC.[Li+]. The molecule has 0 saturated carbocycles. The van der Waals surface area contributed by atoms with E-state index in [1.54, 1.807) is 0 Å². The summed E-state index contributed by atoms with van der Waals surface area (Å²) in [4.78, 5) is 34.0. The maximum atomic E-state index is 11.9. The number of hydrogen-bond donors (Lipinski definition) is 0. The second-order valence-electron chi connectivity index (χ2n) is 17.4. The van der Waals surface area contributed by atoms with E-state index < -0.39 is 31.1 Å². The molecule has 2 radical (unpaired) electrons. The van der Waals surface area contributed by atoms with Crippen LogP contribution >= 0.6 is 0 Å². The van der Waals surface area contributed by atoms with E-state index in [4.69, 9.17) is 5.37 Å². The molecule has 0 aliphatic rings. The van der Waals surface area contributed by atoms with Gasteiger partial charge < -0.3 is 9.90 Å². The number of allylic oxidation sites excluding steroid dienone is 6. The monoisotopic (exact) mass is 1060 g/mol. The van der Waals surface area contributed by atoms with E-state index in [9.17, 15) is 19.5 Å². The molecule has 0 aromatic heterocycles. The summed E-state index contributed by atoms with van der Waals surface area (Å²) in [6.07, 6.45) is 63.5. The van der Waals surface area contributed by atoms with Gasteiger partial charge >= 0.3 is 198 Å². The first kappa shape index (κ1) is 65.4. The number of carbonyl (C=O) groups is 3. The van der Waals surface area contributed by atoms with Gasteiger partial charge in [-0.1, -0.05) is 148 Å². The van der Waals surface area contributed by atoms with E-state index in [1.807, 2.05) is 0 Å². The number of hydrogen-bond acceptors (Lipinski definition) is 6. The van der Waals surface area contributed by atoms with E-state index in [1.165, 1.54) is 205 Å². The van der Waals surface area contributed by atoms with Crippen LogP contribution in [0.25, 0.3) is 0 Å². The van der Waals surface area contributed by atoms with Gasteiger partial charge in [-0.3, -0.25) is 0 Å². The molecule has 0 rings (SSSR count). The van der Waals surface area contributed by atoms with Crippen molar-refractivity contribution >= 4 is 43.0 Å². The van der Waals surface area contributed by atoms with Gasteiger partial charge in [-0.05, 0) is 51.4 Å². The predicted octanol–water partition coefficient (Wildman–Crippen LogP) is 13.5. The number of carbonyl (C=O) groups excluding carboxylic acids is 3. The summed E-state index contributed by atoms with van der Waals surface area (Å²) in [7, 11) is 0. The molecule has 0 fully saturated rings. The van der Waals surface area contributed by atoms with Crippen LogP contribution in [0.1, 0.15) is 290 Å². The first-order chi connectivity index (χ1) is 30.0. The molecule has 0 heterocycles. The maximum absolute atomic E-state index is 11.9. The van der Waals surface area contributed by atoms with Crippen molar-refractivity contribution in [1.82, 2.24) is 0 Å². The average Bonchev–Trinajstić information content (AvgIpc) is 3.25. The van der Waals surface area contributed by atoms with Crippen molar-refractivity contribution in [2.24, 2.45) is 0 Å². The topological polar surface area (TPSA) is 92.7 Å². The Labute approximate surface area is 410 Å². The van der Waals surface area contributed by atoms with Gasteiger partial charge in [0, 0.05) is 5.97 Å². The van der Waals surface area contributed by atoms with Crippen LogP contribution < -0.4 is 24.0 Å². The van der Waals surface area contributed by atoms with Crippen molar-refractivity contribution < 1.29 is 43.7 Å². The fourth-order valence-electron chi connectivity index (χ4n) is 7.24. The summed E-state index contributed by atoms with van der Waals surface area (Å²) in [6, 6.07) is 0. The van der Waals surface area contributed by atoms with Gasteiger partial charge in [-0.25, -0.2) is 0 Å². The predicted molar refractivity (Wildman–Crippen MR) is 261 cm³/mol. The second kappa shape index (κ2) is 60.1. The Hall–Kier alpha value is -0.851. The Kier molecular flexibility index (Phi) is 63.5. The average molecular weight is 1060 g/mol. The van der Waals surface area contributed by atoms with Crippen LogP contribution in [0, 0.1) is 0 Å². The fraction of sp³-hybridized carbons (Fsp3) is 0.833. The third kappa shape index (κ3) is 63.4. The van der Waals surface area contributed by atoms with Crippen LogP contribution in [-0.4, -0.2) is 43.0 Å². The fourth-order valence-corrected chi connectivity index (χ4v) is 8.91. The zero-order valence-corrected chi connectivity index (χ0v) is 45.5. The number of carboxylic acid groups (broad SMARTS) is 1. The van der Waals surface area contributed by atoms with Crippen LogP contribution in [-0.2, 0) is 19.8 Å². The normalized spacial score (nSPS) is 11.3. The summed E-state index contributed by atoms with van der Waals surface area (Å²) in [6.45, 7) is 6.79. The van der Waals surface area contributed by atoms with Crippen molar-refractivity contribution in [1.29, 1.82) is 0 Å². The van der Waals surface area contributed by atoms with Gasteiger partial charge in [0.05, 0.1) is 0 Å². The van der Waals surface area contributed by atoms with E-state index >= 15 is 0 Å². The second-order valence-corrected chi connectivity index (χ2v) is 19.6. The Morgan fingerprint density at radius 3 is 0.790 bits per heavy atom. The summed E-state index contributed by atoms with van der Waals surface area (Å²) in [5.41, 5.74) is 0. The molecular weight excluding hydrogens is 959 g/mol. The molecule has 0 amide bonds. The smallest absolute Gasteiger partial charge is 0.0654 e. The Morgan fingerprint density at radius 2 is 0.548 bits per heavy atom. The first-order valence-corrected chi connectivity index (χ1v) is 29.4. The number of carboxylic acids is 1. The van der Waals surface area contributed by atoms with Crippen LogP contribution in [0.3, 0.4) is 0 Å². The molecule has 0 spiro atoms. The molecule has 356 valence electrons. The summed E-state index contributed by atoms with van der Waals surface area (Å²) >= 11 is -2.04. The molecule has 0 aliphatic carbocycles. The van der Waals surface area contributed by atoms with Gasteiger partial charge in [0.2, 0.25) is 0 Å². The third-order valence-corrected chi connectivity index (χ3v) is 13.7. The standard InChI is InChI=1S/3C18H34O2.Li.Pb/c3*1-2-3-4-5-6-7-8-9-10-11-12-13-14-15-16-17-18(19)20;;/h3*9-10H,2-8,11-17H2,1H3,(H,19,20);;/q;;;+1;+2/p-3/b3*10-9-;;. The van der Waals surface area contributed by atoms with E-state index in [0.717, 1.165) is 44.9 Å². The Morgan fingerprint density at radius 1 is 0.339 bits per heavy atom. The summed E-state index contributed by atoms with van der Waals surface area (Å²) < 4.78 is 10.5. The van der Waals surface area contributed by atoms with Crippen molar-refractivity contribution in [2.45, 2.75) is 290 Å². The van der Waals surface area contributed by atoms with Gasteiger partial charge in [-0.2, -0.15) is 0 Å². The van der Waals surface area contributed by atoms with Crippen molar-refractivity contribution in [3.63, 3.8) is 0 Å². The molecule has 0 aliphatic heterocycles. The van der Waals surface area contributed by atoms with E-state index in [0.29, 0.717) is 12.8 Å². The number of aliphatic carboxylic acids is 1. The molecule has 0 bridgehead atoms. The molecule has 0 unspecified atom stereocenters. The molecule has 0 aromatic carbocycles. The van der Waals surface area contributed by atoms with Crippen LogP contribution in [0.2, 0.25) is 0 Å². The van der Waals surface area contributed by atoms with Crippen molar-refractivity contribution in [3.05, 3.63) is 36.5 Å². The van der Waals surface area contributed by atoms with Crippen LogP contribution in [0.15, 0.2) is 36.5 Å². The molecule has 0 N–H and O–H groups in total. The van der Waals surface area contributed by atoms with Gasteiger partial charge in [0.25, 0.3) is 0 Å². The van der Waals surface area contributed by atoms with E-state index in [-0.39, 0.29) is 37.2 Å². The number of unbranched alkanes of at least 4 members (excludes halogenated alkanes) is 33. The quantitative estimate of drug-likeness (QED) is 0.0342. The zero-order valence-electron chi connectivity index (χ0n) is 41.6. The zero-order chi connectivity index (χ0) is 44.8. The first-order valence-electron chi connectivity index (χ1n) is 26.3. The summed E-state index contributed by atoms with van der Waals surface area (Å²) in [5, 5.41) is 10.2. The van der Waals surface area contributed by atoms with Gasteiger partial charge in [0.15, 0.2) is 0 Å². The molecule has 6 nitrogen and oxygen atoms in total. The van der Waals surface area contributed by atoms with Crippen molar-refractivity contribution in [2.75, 3.05) is 0 Å². The minimum absolute atomic E-state index is 0. The third-order valence-electron chi connectivity index (χ3n) is 11.2. The minimum atomic E-state index is -2.04. The van der Waals surface area contributed by atoms with Crippen LogP contribution in [0.4, 0.5) is 0 Å². The molecule has 0 saturated heterocycles.